The number of phenols is 3. The van der Waals surface area contributed by atoms with Crippen molar-refractivity contribution in [1.29, 1.82) is 0 Å². The number of phenolic OH excluding ortho intramolecular Hbond substituents is 3. The first-order chi connectivity index (χ1) is 60.8. The van der Waals surface area contributed by atoms with Crippen LogP contribution in [0, 0.1) is 0 Å². The molecule has 4 heterocycles. The third-order valence-corrected chi connectivity index (χ3v) is 19.4. The van der Waals surface area contributed by atoms with Crippen LogP contribution in [0.5, 0.6) is 40.2 Å². The molecule has 0 fully saturated rings. The molecule has 2 unspecified atom stereocenters. The summed E-state index contributed by atoms with van der Waals surface area (Å²) in [5.41, 5.74) is -17.9. The molecule has 15 rings (SSSR count). The van der Waals surface area contributed by atoms with E-state index in [9.17, 15) is 158 Å². The summed E-state index contributed by atoms with van der Waals surface area (Å²) < 4.78 is 378. The highest BCUT2D eigenvalue weighted by atomic mass is 79.9. The fraction of sp³-hybridized carbons (Fsp3) is 0.145. The van der Waals surface area contributed by atoms with Gasteiger partial charge in [-0.2, -0.15) is 74.3 Å². The number of fused-ring (bicyclic) bond motifs is 4. The van der Waals surface area contributed by atoms with E-state index in [4.69, 9.17) is 18.1 Å². The predicted octanol–water partition coefficient (Wildman–Crippen LogP) is 22.0. The second kappa shape index (κ2) is 38.2. The van der Waals surface area contributed by atoms with Crippen molar-refractivity contribution in [2.45, 2.75) is 72.1 Å². The van der Waals surface area contributed by atoms with E-state index < -0.39 is 174 Å². The van der Waals surface area contributed by atoms with E-state index in [1.165, 1.54) is 115 Å². The van der Waals surface area contributed by atoms with E-state index in [-0.39, 0.29) is 67.3 Å². The van der Waals surface area contributed by atoms with E-state index in [0.29, 0.717) is 10.2 Å². The van der Waals surface area contributed by atoms with Gasteiger partial charge in [-0.3, -0.25) is 28.5 Å². The lowest BCUT2D eigenvalue weighted by atomic mass is 9.70. The molecule has 0 radical (unpaired) electrons. The number of ketones is 1. The molecule has 20 nitrogen and oxygen atoms in total. The average Bonchev–Trinajstić information content (AvgIpc) is 1.53. The van der Waals surface area contributed by atoms with Crippen LogP contribution in [-0.4, -0.2) is 93.8 Å². The summed E-state index contributed by atoms with van der Waals surface area (Å²) in [6, 6.07) is 49.5. The Labute approximate surface area is 729 Å². The zero-order chi connectivity index (χ0) is 98.5. The highest BCUT2D eigenvalue weighted by Gasteiger charge is 2.56. The minimum absolute atomic E-state index is 0.0208. The number of rotatable bonds is 9. The molecular weight excluding hydrogens is 1930 g/mol. The Morgan fingerprint density at radius 2 is 0.553 bits per heavy atom. The summed E-state index contributed by atoms with van der Waals surface area (Å²) in [5, 5.41) is 47.2. The van der Waals surface area contributed by atoms with E-state index >= 15 is 0 Å². The average molecular weight is 1980 g/mol. The summed E-state index contributed by atoms with van der Waals surface area (Å²) in [6.45, 7) is 0. The Balaban J connectivity index is 0.000000184. The van der Waals surface area contributed by atoms with Gasteiger partial charge < -0.3 is 60.6 Å². The minimum Gasteiger partial charge on any atom is -0.508 e. The highest BCUT2D eigenvalue weighted by molar-refractivity contribution is 9.10. The molecule has 11 aromatic carbocycles. The number of Topliss-reactive ketones (excluding diaryl/α,β-unsaturated/α-hetero) is 1. The number of hydrogen-bond acceptors (Lipinski definition) is 15. The number of para-hydroxylation sites is 5. The molecule has 0 aromatic heterocycles. The molecule has 0 saturated carbocycles. The third kappa shape index (κ3) is 24.0. The minimum atomic E-state index is -5.84. The molecule has 49 heteroatoms. The van der Waals surface area contributed by atoms with Gasteiger partial charge in [-0.1, -0.05) is 137 Å². The number of aromatic hydroxyl groups is 3. The van der Waals surface area contributed by atoms with Gasteiger partial charge in [-0.05, 0) is 155 Å². The SMILES string of the molecule is FC(F)(F)Oc1ccc(Br)cc1.O=C1Nc2c(C(F)(F)F)cccc2C1(O)c1ccc(OC(F)(F)F)cc1.O=C1Nc2c(C(F)(F)F)cccc2C1(c1ccc(O)cc1)c1ccc(OC(F)(F)F)cc1.O=C1Nc2c(C(F)(F)F)cccc2[C@@]1(c1ccc(O)cc1)c1ccc(OC(F)(F)F)cc1.O=C1Nc2c(cccc2C(F)(F)F)C1=O.O=S(=O)(O)C(F)(F)F.Oc1ccccc1. The van der Waals surface area contributed by atoms with Crippen molar-refractivity contribution in [2.24, 2.45) is 0 Å². The fourth-order valence-electron chi connectivity index (χ4n) is 13.1. The number of nitrogens with one attached hydrogen (secondary N) is 4. The number of anilines is 4. The van der Waals surface area contributed by atoms with Gasteiger partial charge in [0.15, 0.2) is 5.60 Å². The third-order valence-electron chi connectivity index (χ3n) is 18.3. The molecule has 4 amide bonds. The number of hydrogen-bond donors (Lipinski definition) is 9. The van der Waals surface area contributed by atoms with E-state index in [0.717, 1.165) is 103 Å². The number of ether oxygens (including phenoxy) is 4. The number of benzene rings is 11. The second-order valence-corrected chi connectivity index (χ2v) is 29.2. The number of alkyl halides is 27. The zero-order valence-electron chi connectivity index (χ0n) is 64.4. The molecule has 0 spiro atoms. The lowest BCUT2D eigenvalue weighted by molar-refractivity contribution is -0.275. The van der Waals surface area contributed by atoms with Crippen LogP contribution in [0.3, 0.4) is 0 Å². The van der Waals surface area contributed by atoms with Crippen molar-refractivity contribution < 1.29 is 195 Å². The molecule has 132 heavy (non-hydrogen) atoms. The van der Waals surface area contributed by atoms with Crippen LogP contribution in [0.15, 0.2) is 253 Å². The van der Waals surface area contributed by atoms with E-state index in [1.807, 2.05) is 16.7 Å². The fourth-order valence-corrected chi connectivity index (χ4v) is 13.3. The number of amides is 4. The van der Waals surface area contributed by atoms with Gasteiger partial charge in [0.1, 0.15) is 51.1 Å². The van der Waals surface area contributed by atoms with Crippen LogP contribution in [-0.2, 0) is 70.4 Å². The summed E-state index contributed by atoms with van der Waals surface area (Å²) in [7, 11) is -5.84. The van der Waals surface area contributed by atoms with Crippen molar-refractivity contribution >= 4 is 78.2 Å². The Bertz CT molecular complexity index is 5960. The van der Waals surface area contributed by atoms with Crippen molar-refractivity contribution in [2.75, 3.05) is 21.3 Å². The summed E-state index contributed by atoms with van der Waals surface area (Å²) in [5.74, 6) is -6.62. The number of carbonyl (C=O) groups is 5. The maximum Gasteiger partial charge on any atom is 0.573 e. The second-order valence-electron chi connectivity index (χ2n) is 26.8. The maximum atomic E-state index is 13.6. The van der Waals surface area contributed by atoms with Crippen molar-refractivity contribution in [3.05, 3.63) is 326 Å². The van der Waals surface area contributed by atoms with Gasteiger partial charge in [0.05, 0.1) is 50.6 Å². The maximum absolute atomic E-state index is 13.6. The zero-order valence-corrected chi connectivity index (χ0v) is 66.8. The number of aliphatic hydroxyl groups is 1. The van der Waals surface area contributed by atoms with Crippen LogP contribution in [0.2, 0.25) is 0 Å². The highest BCUT2D eigenvalue weighted by Crippen LogP contribution is 2.55. The lowest BCUT2D eigenvalue weighted by Gasteiger charge is -2.29. The van der Waals surface area contributed by atoms with Crippen LogP contribution in [0.25, 0.3) is 0 Å². The first-order valence-corrected chi connectivity index (χ1v) is 37.9. The Hall–Kier alpha value is -14.0. The van der Waals surface area contributed by atoms with Gasteiger partial charge in [-0.15, -0.1) is 52.7 Å². The van der Waals surface area contributed by atoms with Crippen molar-refractivity contribution in [3.63, 3.8) is 0 Å². The lowest BCUT2D eigenvalue weighted by Crippen LogP contribution is -2.37. The van der Waals surface area contributed by atoms with Gasteiger partial charge in [0, 0.05) is 21.2 Å². The molecule has 0 saturated heterocycles. The molecular formula is C83H50BrF27N4O16S. The Morgan fingerprint density at radius 1 is 0.295 bits per heavy atom. The van der Waals surface area contributed by atoms with Gasteiger partial charge in [0.25, 0.3) is 17.6 Å². The topological polar surface area (TPSA) is 306 Å². The molecule has 700 valence electrons. The first kappa shape index (κ1) is 102. The molecule has 11 aromatic rings. The van der Waals surface area contributed by atoms with E-state index in [1.54, 1.807) is 24.3 Å². The molecule has 9 N–H and O–H groups in total. The van der Waals surface area contributed by atoms with Gasteiger partial charge in [-0.25, -0.2) is 0 Å². The number of carbonyl (C=O) groups excluding carboxylic acids is 5. The van der Waals surface area contributed by atoms with Crippen LogP contribution in [0.4, 0.5) is 141 Å². The van der Waals surface area contributed by atoms with Crippen LogP contribution < -0.4 is 40.2 Å². The monoisotopic (exact) mass is 1980 g/mol. The quantitative estimate of drug-likeness (QED) is 0.0281. The Kier molecular flexibility index (Phi) is 29.5. The molecule has 0 aliphatic carbocycles. The number of halogens is 28. The molecule has 4 aliphatic rings. The summed E-state index contributed by atoms with van der Waals surface area (Å²) in [4.78, 5) is 60.7. The van der Waals surface area contributed by atoms with Gasteiger partial charge >= 0.3 is 65.8 Å². The van der Waals surface area contributed by atoms with Gasteiger partial charge in [0.2, 0.25) is 11.8 Å². The predicted molar refractivity (Wildman–Crippen MR) is 410 cm³/mol. The molecule has 3 atom stereocenters. The summed E-state index contributed by atoms with van der Waals surface area (Å²) in [6.07, 6.45) is -38.3. The smallest absolute Gasteiger partial charge is 0.508 e. The van der Waals surface area contributed by atoms with Crippen molar-refractivity contribution in [1.82, 2.24) is 0 Å². The summed E-state index contributed by atoms with van der Waals surface area (Å²) >= 11 is 3.09. The largest absolute Gasteiger partial charge is 0.573 e. The first-order valence-electron chi connectivity index (χ1n) is 35.6. The molecule has 4 aliphatic heterocycles. The normalized spacial score (nSPS) is 16.8. The Morgan fingerprint density at radius 3 is 0.841 bits per heavy atom. The van der Waals surface area contributed by atoms with Crippen LogP contribution >= 0.6 is 15.9 Å². The van der Waals surface area contributed by atoms with Crippen LogP contribution in [0.1, 0.15) is 77.1 Å². The van der Waals surface area contributed by atoms with Crippen molar-refractivity contribution in [3.8, 4) is 40.2 Å². The standard InChI is InChI=1S/2C22H13F6NO3.C16H9F6NO3.C9H4F3NO2.C7H4BrF3O.C6H6O.CHF3O3S/c2*23-21(24,25)17-3-1-2-16-18(17)29-19(31)20(16,12-4-8-14(30)9-5-12)13-6-10-15(11-7-13)32-22(26,27)28;17-15(18,19)11-3-1-2-10-12(11)23-13(24)14(10,25)8-4-6-9(7-5-8)26-16(20,21)22;10-9(11,12)5-3-1-2-4-6(5)13-8(15)7(4)14;8-5-1-3-6(4-2-5)12-7(9,10)11;7-6-4-2-1-3-5-6;2-1(3,4)8(5,6)7/h2*1-11,30H,(H,29,31);1-7,25H,(H,23,24);1-3H,(H,13,14,15);1-4H;1-5,7H;(H,5,6,7)/t20-;;;;;;/m1....../s1. The molecule has 0 bridgehead atoms. The van der Waals surface area contributed by atoms with E-state index in [2.05, 4.69) is 45.5 Å².